The summed E-state index contributed by atoms with van der Waals surface area (Å²) in [7, 11) is 1.55. The number of imide groups is 1. The molecule has 1 aliphatic heterocycles. The average Bonchev–Trinajstić information content (AvgIpc) is 3.38. The molecule has 1 N–H and O–H groups in total. The van der Waals surface area contributed by atoms with Crippen molar-refractivity contribution in [2.24, 2.45) is 0 Å². The fraction of sp³-hybridized carbons (Fsp3) is 0.0667. The molecule has 0 aliphatic carbocycles. The van der Waals surface area contributed by atoms with E-state index in [1.807, 2.05) is 72.8 Å². The molecule has 0 atom stereocenters. The fourth-order valence-corrected chi connectivity index (χ4v) is 5.24. The second-order valence-electron chi connectivity index (χ2n) is 9.02. The summed E-state index contributed by atoms with van der Waals surface area (Å²) < 4.78 is 6.08. The Kier molecular flexibility index (Phi) is 4.06. The number of amides is 2. The minimum atomic E-state index is -0.276. The van der Waals surface area contributed by atoms with E-state index in [0.717, 1.165) is 48.9 Å². The van der Waals surface area contributed by atoms with Crippen molar-refractivity contribution in [1.82, 2.24) is 9.88 Å². The molecule has 5 aromatic carbocycles. The first-order valence-corrected chi connectivity index (χ1v) is 11.5. The molecule has 2 amide bonds. The number of H-pyrrole nitrogens is 1. The Balaban J connectivity index is 1.52. The van der Waals surface area contributed by atoms with Gasteiger partial charge in [-0.05, 0) is 52.1 Å². The van der Waals surface area contributed by atoms with E-state index in [1.54, 1.807) is 7.05 Å². The highest BCUT2D eigenvalue weighted by Gasteiger charge is 2.37. The number of benzene rings is 5. The second-order valence-corrected chi connectivity index (χ2v) is 9.02. The third kappa shape index (κ3) is 2.81. The minimum absolute atomic E-state index is 0.266. The molecule has 0 radical (unpaired) electrons. The zero-order chi connectivity index (χ0) is 23.7. The van der Waals surface area contributed by atoms with Crippen LogP contribution in [-0.4, -0.2) is 28.7 Å². The summed E-state index contributed by atoms with van der Waals surface area (Å²) >= 11 is 0. The number of ether oxygens (including phenoxy) is 1. The van der Waals surface area contributed by atoms with E-state index in [1.165, 1.54) is 4.90 Å². The van der Waals surface area contributed by atoms with E-state index in [2.05, 4.69) is 17.1 Å². The zero-order valence-electron chi connectivity index (χ0n) is 19.0. The fourth-order valence-electron chi connectivity index (χ4n) is 5.24. The summed E-state index contributed by atoms with van der Waals surface area (Å²) in [5.41, 5.74) is 3.76. The molecule has 0 saturated heterocycles. The lowest BCUT2D eigenvalue weighted by Gasteiger charge is -2.09. The van der Waals surface area contributed by atoms with Gasteiger partial charge in [0.1, 0.15) is 12.4 Å². The molecule has 0 saturated carbocycles. The number of carbonyl (C=O) groups is 2. The quantitative estimate of drug-likeness (QED) is 0.246. The van der Waals surface area contributed by atoms with Gasteiger partial charge in [-0.25, -0.2) is 0 Å². The Labute approximate surface area is 200 Å². The number of aromatic nitrogens is 1. The van der Waals surface area contributed by atoms with E-state index in [9.17, 15) is 9.59 Å². The summed E-state index contributed by atoms with van der Waals surface area (Å²) in [5.74, 6) is 0.166. The first-order chi connectivity index (χ1) is 17.1. The Morgan fingerprint density at radius 1 is 0.743 bits per heavy atom. The summed E-state index contributed by atoms with van der Waals surface area (Å²) in [6.45, 7) is 0.446. The number of rotatable bonds is 3. The van der Waals surface area contributed by atoms with E-state index in [4.69, 9.17) is 4.74 Å². The molecule has 1 aliphatic rings. The molecule has 7 rings (SSSR count). The molecule has 0 unspecified atom stereocenters. The van der Waals surface area contributed by atoms with Gasteiger partial charge in [0.15, 0.2) is 0 Å². The van der Waals surface area contributed by atoms with Crippen LogP contribution in [0.4, 0.5) is 0 Å². The Hall–Kier alpha value is -4.64. The van der Waals surface area contributed by atoms with Crippen LogP contribution in [0.1, 0.15) is 26.3 Å². The van der Waals surface area contributed by atoms with Crippen molar-refractivity contribution in [3.63, 3.8) is 0 Å². The molecule has 2 heterocycles. The monoisotopic (exact) mass is 456 g/mol. The van der Waals surface area contributed by atoms with Crippen LogP contribution in [0.3, 0.4) is 0 Å². The van der Waals surface area contributed by atoms with Gasteiger partial charge in [-0.15, -0.1) is 0 Å². The third-order valence-electron chi connectivity index (χ3n) is 6.98. The van der Waals surface area contributed by atoms with Gasteiger partial charge in [0, 0.05) is 28.7 Å². The van der Waals surface area contributed by atoms with Gasteiger partial charge in [0.2, 0.25) is 0 Å². The summed E-state index contributed by atoms with van der Waals surface area (Å²) in [6, 6.07) is 28.0. The Morgan fingerprint density at radius 3 is 2.20 bits per heavy atom. The van der Waals surface area contributed by atoms with Crippen molar-refractivity contribution in [3.05, 3.63) is 102 Å². The van der Waals surface area contributed by atoms with Crippen molar-refractivity contribution >= 4 is 55.2 Å². The lowest BCUT2D eigenvalue weighted by molar-refractivity contribution is 0.0694. The number of hydrogen-bond acceptors (Lipinski definition) is 3. The number of fused-ring (bicyclic) bond motifs is 9. The predicted molar refractivity (Wildman–Crippen MR) is 138 cm³/mol. The molecule has 5 heteroatoms. The van der Waals surface area contributed by atoms with Gasteiger partial charge in [-0.3, -0.25) is 14.5 Å². The second kappa shape index (κ2) is 7.18. The van der Waals surface area contributed by atoms with Gasteiger partial charge in [0.25, 0.3) is 11.8 Å². The van der Waals surface area contributed by atoms with Crippen LogP contribution in [0.15, 0.2) is 84.9 Å². The summed E-state index contributed by atoms with van der Waals surface area (Å²) in [4.78, 5) is 31.3. The lowest BCUT2D eigenvalue weighted by atomic mass is 9.93. The number of nitrogens with one attached hydrogen (secondary N) is 1. The molecule has 1 aromatic heterocycles. The number of aromatic amines is 1. The topological polar surface area (TPSA) is 62.4 Å². The van der Waals surface area contributed by atoms with E-state index < -0.39 is 0 Å². The summed E-state index contributed by atoms with van der Waals surface area (Å²) in [6.07, 6.45) is 0. The van der Waals surface area contributed by atoms with Gasteiger partial charge >= 0.3 is 0 Å². The van der Waals surface area contributed by atoms with Crippen LogP contribution in [0, 0.1) is 0 Å². The first-order valence-electron chi connectivity index (χ1n) is 11.5. The smallest absolute Gasteiger partial charge is 0.262 e. The maximum Gasteiger partial charge on any atom is 0.262 e. The molecule has 0 spiro atoms. The predicted octanol–water partition coefficient (Wildman–Crippen LogP) is 6.43. The third-order valence-corrected chi connectivity index (χ3v) is 6.98. The highest BCUT2D eigenvalue weighted by atomic mass is 16.5. The first kappa shape index (κ1) is 19.8. The van der Waals surface area contributed by atoms with Gasteiger partial charge < -0.3 is 9.72 Å². The van der Waals surface area contributed by atoms with E-state index in [-0.39, 0.29) is 11.8 Å². The number of hydrogen-bond donors (Lipinski definition) is 1. The molecule has 0 fully saturated rings. The standard InChI is InChI=1S/C30H20N2O3/c1-32-29(33)26-21-13-18-9-5-6-10-19(18)14-22(21)28-25(27(26)30(32)34)23-15-20(11-12-24(23)31-28)35-16-17-7-3-2-4-8-17/h2-15,31H,16H2,1H3. The highest BCUT2D eigenvalue weighted by Crippen LogP contribution is 2.42. The van der Waals surface area contributed by atoms with Crippen LogP contribution < -0.4 is 4.74 Å². The maximum atomic E-state index is 13.3. The van der Waals surface area contributed by atoms with E-state index >= 15 is 0 Å². The molecular formula is C30H20N2O3. The van der Waals surface area contributed by atoms with Crippen LogP contribution >= 0.6 is 0 Å². The van der Waals surface area contributed by atoms with Gasteiger partial charge in [-0.1, -0.05) is 54.6 Å². The Morgan fingerprint density at radius 2 is 1.43 bits per heavy atom. The average molecular weight is 457 g/mol. The van der Waals surface area contributed by atoms with Crippen LogP contribution in [0.25, 0.3) is 43.4 Å². The Bertz CT molecular complexity index is 1850. The molecule has 0 bridgehead atoms. The SMILES string of the molecule is CN1C(=O)c2c(c3c4cc(OCc5ccccc5)ccc4[nH]c3c3cc4ccccc4cc23)C1=O. The van der Waals surface area contributed by atoms with Crippen molar-refractivity contribution in [3.8, 4) is 5.75 Å². The maximum absolute atomic E-state index is 13.3. The lowest BCUT2D eigenvalue weighted by Crippen LogP contribution is -2.24. The zero-order valence-corrected chi connectivity index (χ0v) is 19.0. The van der Waals surface area contributed by atoms with Crippen LogP contribution in [0.5, 0.6) is 5.75 Å². The normalized spacial score (nSPS) is 13.5. The minimum Gasteiger partial charge on any atom is -0.489 e. The largest absolute Gasteiger partial charge is 0.489 e. The van der Waals surface area contributed by atoms with Crippen LogP contribution in [-0.2, 0) is 6.61 Å². The molecule has 5 nitrogen and oxygen atoms in total. The van der Waals surface area contributed by atoms with Crippen molar-refractivity contribution < 1.29 is 14.3 Å². The van der Waals surface area contributed by atoms with E-state index in [0.29, 0.717) is 23.5 Å². The number of carbonyl (C=O) groups excluding carboxylic acids is 2. The summed E-state index contributed by atoms with van der Waals surface area (Å²) in [5, 5.41) is 5.47. The molecule has 168 valence electrons. The van der Waals surface area contributed by atoms with Crippen molar-refractivity contribution in [2.75, 3.05) is 7.05 Å². The molecular weight excluding hydrogens is 436 g/mol. The molecule has 35 heavy (non-hydrogen) atoms. The highest BCUT2D eigenvalue weighted by molar-refractivity contribution is 6.37. The van der Waals surface area contributed by atoms with Crippen molar-refractivity contribution in [2.45, 2.75) is 6.61 Å². The van der Waals surface area contributed by atoms with Gasteiger partial charge in [0.05, 0.1) is 16.6 Å². The number of nitrogens with zero attached hydrogens (tertiary/aromatic N) is 1. The van der Waals surface area contributed by atoms with Gasteiger partial charge in [-0.2, -0.15) is 0 Å². The molecule has 6 aromatic rings. The van der Waals surface area contributed by atoms with Crippen molar-refractivity contribution in [1.29, 1.82) is 0 Å². The van der Waals surface area contributed by atoms with Crippen LogP contribution in [0.2, 0.25) is 0 Å².